The van der Waals surface area contributed by atoms with Crippen LogP contribution in [0.15, 0.2) is 0 Å². The van der Waals surface area contributed by atoms with Gasteiger partial charge in [-0.2, -0.15) is 0 Å². The molecule has 0 aromatic carbocycles. The lowest BCUT2D eigenvalue weighted by Gasteiger charge is -2.13. The van der Waals surface area contributed by atoms with Gasteiger partial charge < -0.3 is 25.0 Å². The molecule has 1 amide bonds. The van der Waals surface area contributed by atoms with E-state index >= 15 is 0 Å². The number of aliphatic carboxylic acids is 2. The fourth-order valence-electron chi connectivity index (χ4n) is 0.927. The van der Waals surface area contributed by atoms with Gasteiger partial charge in [0, 0.05) is 13.5 Å². The summed E-state index contributed by atoms with van der Waals surface area (Å²) in [7, 11) is 1.42. The maximum absolute atomic E-state index is 11.1. The summed E-state index contributed by atoms with van der Waals surface area (Å²) in [4.78, 5) is 32.0. The van der Waals surface area contributed by atoms with E-state index in [2.05, 4.69) is 14.8 Å². The van der Waals surface area contributed by atoms with Crippen molar-refractivity contribution in [2.24, 2.45) is 0 Å². The molecule has 0 rings (SSSR count). The number of methoxy groups -OCH3 is 1. The Morgan fingerprint density at radius 3 is 2.35 bits per heavy atom. The quantitative estimate of drug-likeness (QED) is 0.503. The smallest absolute Gasteiger partial charge is 0.407 e. The van der Waals surface area contributed by atoms with Crippen LogP contribution in [0.5, 0.6) is 0 Å². The first-order valence-electron chi connectivity index (χ1n) is 4.84. The third-order valence-corrected chi connectivity index (χ3v) is 1.76. The zero-order chi connectivity index (χ0) is 13.3. The number of carbonyl (C=O) groups excluding carboxylic acids is 1. The standard InChI is InChI=1S/C9H15NO7/c1-16-4-5-17-9(15)10-6(8(13)14)2-3-7(11)12/h6H,2-5H2,1H3,(H,10,15)(H,11,12)(H,13,14). The largest absolute Gasteiger partial charge is 0.481 e. The molecule has 1 unspecified atom stereocenters. The van der Waals surface area contributed by atoms with Crippen LogP contribution in [0.2, 0.25) is 0 Å². The first-order valence-corrected chi connectivity index (χ1v) is 4.84. The highest BCUT2D eigenvalue weighted by atomic mass is 16.6. The van der Waals surface area contributed by atoms with E-state index in [9.17, 15) is 14.4 Å². The second kappa shape index (κ2) is 8.34. The van der Waals surface area contributed by atoms with E-state index in [0.29, 0.717) is 0 Å². The van der Waals surface area contributed by atoms with Gasteiger partial charge in [-0.3, -0.25) is 4.79 Å². The van der Waals surface area contributed by atoms with Gasteiger partial charge in [0.2, 0.25) is 0 Å². The average molecular weight is 249 g/mol. The van der Waals surface area contributed by atoms with Gasteiger partial charge in [0.15, 0.2) is 0 Å². The van der Waals surface area contributed by atoms with Crippen molar-refractivity contribution in [1.82, 2.24) is 5.32 Å². The molecular formula is C9H15NO7. The molecule has 0 aromatic rings. The molecule has 1 atom stereocenters. The fraction of sp³-hybridized carbons (Fsp3) is 0.667. The predicted molar refractivity (Wildman–Crippen MR) is 54.7 cm³/mol. The van der Waals surface area contributed by atoms with E-state index in [1.165, 1.54) is 7.11 Å². The molecule has 98 valence electrons. The number of amides is 1. The molecule has 0 aliphatic carbocycles. The minimum atomic E-state index is -1.31. The SMILES string of the molecule is COCCOC(=O)NC(CCC(=O)O)C(=O)O. The van der Waals surface area contributed by atoms with E-state index in [1.807, 2.05) is 0 Å². The van der Waals surface area contributed by atoms with E-state index in [0.717, 1.165) is 0 Å². The number of carboxylic acids is 2. The van der Waals surface area contributed by atoms with E-state index in [1.54, 1.807) is 0 Å². The zero-order valence-corrected chi connectivity index (χ0v) is 9.34. The number of carbonyl (C=O) groups is 3. The minimum Gasteiger partial charge on any atom is -0.481 e. The summed E-state index contributed by atoms with van der Waals surface area (Å²) in [6.45, 7) is 0.188. The van der Waals surface area contributed by atoms with Gasteiger partial charge >= 0.3 is 18.0 Å². The predicted octanol–water partition coefficient (Wildman–Crippen LogP) is -0.323. The summed E-state index contributed by atoms with van der Waals surface area (Å²) >= 11 is 0. The molecular weight excluding hydrogens is 234 g/mol. The maximum Gasteiger partial charge on any atom is 0.407 e. The molecule has 3 N–H and O–H groups in total. The summed E-state index contributed by atoms with van der Waals surface area (Å²) in [6.07, 6.45) is -1.47. The molecule has 8 nitrogen and oxygen atoms in total. The van der Waals surface area contributed by atoms with Crippen LogP contribution < -0.4 is 5.32 Å². The van der Waals surface area contributed by atoms with E-state index in [-0.39, 0.29) is 26.1 Å². The van der Waals surface area contributed by atoms with Gasteiger partial charge in [0.25, 0.3) is 0 Å². The van der Waals surface area contributed by atoms with Gasteiger partial charge in [-0.05, 0) is 6.42 Å². The number of carboxylic acid groups (broad SMARTS) is 2. The van der Waals surface area contributed by atoms with Gasteiger partial charge in [0.1, 0.15) is 12.6 Å². The molecule has 0 spiro atoms. The summed E-state index contributed by atoms with van der Waals surface area (Å²) < 4.78 is 9.21. The topological polar surface area (TPSA) is 122 Å². The molecule has 8 heteroatoms. The minimum absolute atomic E-state index is 0.00635. The number of ether oxygens (including phenoxy) is 2. The second-order valence-corrected chi connectivity index (χ2v) is 3.10. The van der Waals surface area contributed by atoms with Gasteiger partial charge in [-0.25, -0.2) is 9.59 Å². The molecule has 17 heavy (non-hydrogen) atoms. The van der Waals surface area contributed by atoms with Crippen LogP contribution in [0.3, 0.4) is 0 Å². The summed E-state index contributed by atoms with van der Waals surface area (Å²) in [5.74, 6) is -2.44. The number of hydrogen-bond donors (Lipinski definition) is 3. The third-order valence-electron chi connectivity index (χ3n) is 1.76. The first-order chi connectivity index (χ1) is 7.97. The van der Waals surface area contributed by atoms with Crippen molar-refractivity contribution in [3.05, 3.63) is 0 Å². The van der Waals surface area contributed by atoms with Crippen molar-refractivity contribution in [2.75, 3.05) is 20.3 Å². The van der Waals surface area contributed by atoms with Crippen molar-refractivity contribution in [1.29, 1.82) is 0 Å². The first kappa shape index (κ1) is 15.2. The third kappa shape index (κ3) is 8.03. The Bertz CT molecular complexity index is 279. The van der Waals surface area contributed by atoms with Crippen molar-refractivity contribution >= 4 is 18.0 Å². The Morgan fingerprint density at radius 1 is 1.24 bits per heavy atom. The van der Waals surface area contributed by atoms with Crippen molar-refractivity contribution in [2.45, 2.75) is 18.9 Å². The average Bonchev–Trinajstić information content (AvgIpc) is 2.23. The number of nitrogens with one attached hydrogen (secondary N) is 1. The van der Waals surface area contributed by atoms with Crippen LogP contribution in [0.25, 0.3) is 0 Å². The Hall–Kier alpha value is -1.83. The van der Waals surface area contributed by atoms with Crippen LogP contribution in [0, 0.1) is 0 Å². The Morgan fingerprint density at radius 2 is 1.88 bits per heavy atom. The highest BCUT2D eigenvalue weighted by molar-refractivity contribution is 5.80. The van der Waals surface area contributed by atoms with E-state index < -0.39 is 24.1 Å². The molecule has 0 aromatic heterocycles. The summed E-state index contributed by atoms with van der Waals surface area (Å²) in [6, 6.07) is -1.28. The highest BCUT2D eigenvalue weighted by Crippen LogP contribution is 1.98. The molecule has 0 aliphatic rings. The monoisotopic (exact) mass is 249 g/mol. The van der Waals surface area contributed by atoms with Crippen LogP contribution >= 0.6 is 0 Å². The van der Waals surface area contributed by atoms with Crippen molar-refractivity contribution < 1.29 is 34.1 Å². The molecule has 0 saturated carbocycles. The van der Waals surface area contributed by atoms with Crippen LogP contribution in [-0.2, 0) is 19.1 Å². The summed E-state index contributed by atoms with van der Waals surface area (Å²) in [5.41, 5.74) is 0. The molecule has 0 heterocycles. The molecule has 0 bridgehead atoms. The summed E-state index contributed by atoms with van der Waals surface area (Å²) in [5, 5.41) is 19.2. The Balaban J connectivity index is 4.02. The van der Waals surface area contributed by atoms with Crippen LogP contribution in [-0.4, -0.2) is 54.6 Å². The highest BCUT2D eigenvalue weighted by Gasteiger charge is 2.21. The number of rotatable bonds is 8. The lowest BCUT2D eigenvalue weighted by Crippen LogP contribution is -2.41. The Kier molecular flexibility index (Phi) is 7.44. The molecule has 0 radical (unpaired) electrons. The van der Waals surface area contributed by atoms with Crippen LogP contribution in [0.1, 0.15) is 12.8 Å². The number of hydrogen-bond acceptors (Lipinski definition) is 5. The van der Waals surface area contributed by atoms with Gasteiger partial charge in [0.05, 0.1) is 6.61 Å². The zero-order valence-electron chi connectivity index (χ0n) is 9.34. The van der Waals surface area contributed by atoms with Crippen LogP contribution in [0.4, 0.5) is 4.79 Å². The lowest BCUT2D eigenvalue weighted by molar-refractivity contribution is -0.140. The molecule has 0 aliphatic heterocycles. The molecule has 0 saturated heterocycles. The Labute approximate surface area is 97.5 Å². The maximum atomic E-state index is 11.1. The fourth-order valence-corrected chi connectivity index (χ4v) is 0.927. The molecule has 0 fully saturated rings. The lowest BCUT2D eigenvalue weighted by atomic mass is 10.1. The van der Waals surface area contributed by atoms with E-state index in [4.69, 9.17) is 10.2 Å². The van der Waals surface area contributed by atoms with Gasteiger partial charge in [-0.15, -0.1) is 0 Å². The normalized spacial score (nSPS) is 11.6. The second-order valence-electron chi connectivity index (χ2n) is 3.10. The van der Waals surface area contributed by atoms with Crippen molar-refractivity contribution in [3.63, 3.8) is 0 Å². The number of alkyl carbamates (subject to hydrolysis) is 1. The van der Waals surface area contributed by atoms with Crippen molar-refractivity contribution in [3.8, 4) is 0 Å². The van der Waals surface area contributed by atoms with Gasteiger partial charge in [-0.1, -0.05) is 0 Å².